The molecule has 13 heavy (non-hydrogen) atoms. The van der Waals surface area contributed by atoms with E-state index >= 15 is 0 Å². The van der Waals surface area contributed by atoms with Crippen molar-refractivity contribution in [1.82, 2.24) is 9.78 Å². The molecular weight excluding hydrogens is 179 g/mol. The lowest BCUT2D eigenvalue weighted by molar-refractivity contribution is -0.386. The highest BCUT2D eigenvalue weighted by atomic mass is 19.1. The molecule has 0 aliphatic rings. The van der Waals surface area contributed by atoms with Crippen molar-refractivity contribution in [2.45, 2.75) is 6.17 Å². The number of hydrogen-bond acceptors (Lipinski definition) is 4. The second-order valence-electron chi connectivity index (χ2n) is 2.50. The number of hydrogen-bond donors (Lipinski definition) is 1. The van der Waals surface area contributed by atoms with E-state index in [1.807, 2.05) is 0 Å². The quantitative estimate of drug-likeness (QED) is 0.545. The Morgan fingerprint density at radius 1 is 1.92 bits per heavy atom. The van der Waals surface area contributed by atoms with E-state index in [1.54, 1.807) is 0 Å². The van der Waals surface area contributed by atoms with E-state index < -0.39 is 11.1 Å². The lowest BCUT2D eigenvalue weighted by Gasteiger charge is -2.04. The first kappa shape index (κ1) is 9.59. The maximum atomic E-state index is 13.1. The second-order valence-corrected chi connectivity index (χ2v) is 2.50. The van der Waals surface area contributed by atoms with Crippen LogP contribution in [0.4, 0.5) is 10.1 Å². The Balaban J connectivity index is 3.15. The Bertz CT molecular complexity index is 324. The molecular formula is C6H9FN4O2. The third-order valence-electron chi connectivity index (χ3n) is 1.66. The van der Waals surface area contributed by atoms with Gasteiger partial charge >= 0.3 is 5.69 Å². The summed E-state index contributed by atoms with van der Waals surface area (Å²) >= 11 is 0. The minimum Gasteiger partial charge on any atom is -0.327 e. The molecule has 0 saturated carbocycles. The van der Waals surface area contributed by atoms with E-state index in [0.29, 0.717) is 0 Å². The molecule has 0 aliphatic carbocycles. The van der Waals surface area contributed by atoms with Gasteiger partial charge < -0.3 is 5.73 Å². The van der Waals surface area contributed by atoms with E-state index in [9.17, 15) is 14.5 Å². The summed E-state index contributed by atoms with van der Waals surface area (Å²) in [6.07, 6.45) is -0.537. The highest BCUT2D eigenvalue weighted by Gasteiger charge is 2.25. The number of alkyl halides is 1. The molecule has 0 radical (unpaired) electrons. The zero-order valence-electron chi connectivity index (χ0n) is 6.98. The predicted molar refractivity (Wildman–Crippen MR) is 42.8 cm³/mol. The van der Waals surface area contributed by atoms with Crippen LogP contribution in [-0.4, -0.2) is 21.2 Å². The standard InChI is InChI=1S/C6H9FN4O2/c1-10-6(4(7)2-8)5(3-9-10)11(12)13/h3-4H,2,8H2,1H3. The van der Waals surface area contributed by atoms with Crippen LogP contribution in [0.5, 0.6) is 0 Å². The summed E-state index contributed by atoms with van der Waals surface area (Å²) in [6, 6.07) is 0. The Kier molecular flexibility index (Phi) is 2.57. The Morgan fingerprint density at radius 2 is 2.54 bits per heavy atom. The summed E-state index contributed by atoms with van der Waals surface area (Å²) in [5.41, 5.74) is 4.64. The molecule has 0 spiro atoms. The fraction of sp³-hybridized carbons (Fsp3) is 0.500. The molecule has 0 bridgehead atoms. The van der Waals surface area contributed by atoms with E-state index in [2.05, 4.69) is 5.10 Å². The number of nitro groups is 1. The number of nitrogens with zero attached hydrogens (tertiary/aromatic N) is 3. The van der Waals surface area contributed by atoms with Crippen LogP contribution < -0.4 is 5.73 Å². The molecule has 1 aromatic rings. The number of aromatic nitrogens is 2. The van der Waals surface area contributed by atoms with Crippen molar-refractivity contribution in [2.24, 2.45) is 12.8 Å². The van der Waals surface area contributed by atoms with Crippen LogP contribution in [0.2, 0.25) is 0 Å². The van der Waals surface area contributed by atoms with Crippen LogP contribution in [0, 0.1) is 10.1 Å². The van der Waals surface area contributed by atoms with Crippen molar-refractivity contribution in [3.8, 4) is 0 Å². The lowest BCUT2D eigenvalue weighted by atomic mass is 10.2. The number of rotatable bonds is 3. The van der Waals surface area contributed by atoms with Crippen molar-refractivity contribution in [3.05, 3.63) is 22.0 Å². The van der Waals surface area contributed by atoms with Gasteiger partial charge in [-0.1, -0.05) is 0 Å². The van der Waals surface area contributed by atoms with Crippen molar-refractivity contribution in [1.29, 1.82) is 0 Å². The van der Waals surface area contributed by atoms with Crippen molar-refractivity contribution in [2.75, 3.05) is 6.54 Å². The highest BCUT2D eigenvalue weighted by Crippen LogP contribution is 2.25. The van der Waals surface area contributed by atoms with Crippen LogP contribution in [0.1, 0.15) is 11.9 Å². The van der Waals surface area contributed by atoms with E-state index in [-0.39, 0.29) is 17.9 Å². The van der Waals surface area contributed by atoms with Gasteiger partial charge in [0.05, 0.1) is 4.92 Å². The Morgan fingerprint density at radius 3 is 3.00 bits per heavy atom. The molecule has 0 aromatic carbocycles. The van der Waals surface area contributed by atoms with Gasteiger partial charge in [-0.15, -0.1) is 0 Å². The van der Waals surface area contributed by atoms with Crippen LogP contribution in [0.3, 0.4) is 0 Å². The number of halogens is 1. The largest absolute Gasteiger partial charge is 0.327 e. The minimum atomic E-state index is -1.55. The topological polar surface area (TPSA) is 87.0 Å². The molecule has 1 aromatic heterocycles. The summed E-state index contributed by atoms with van der Waals surface area (Å²) in [5.74, 6) is 0. The van der Waals surface area contributed by atoms with Crippen LogP contribution in [0.25, 0.3) is 0 Å². The van der Waals surface area contributed by atoms with Crippen LogP contribution >= 0.6 is 0 Å². The molecule has 1 atom stereocenters. The zero-order chi connectivity index (χ0) is 10.0. The summed E-state index contributed by atoms with van der Waals surface area (Å²) < 4.78 is 14.2. The maximum absolute atomic E-state index is 13.1. The van der Waals surface area contributed by atoms with E-state index in [4.69, 9.17) is 5.73 Å². The molecule has 2 N–H and O–H groups in total. The third kappa shape index (κ3) is 1.64. The summed E-state index contributed by atoms with van der Waals surface area (Å²) in [7, 11) is 1.44. The molecule has 0 fully saturated rings. The fourth-order valence-corrected chi connectivity index (χ4v) is 1.05. The number of aryl methyl sites for hydroxylation is 1. The molecule has 1 rings (SSSR count). The first-order valence-corrected chi connectivity index (χ1v) is 3.58. The normalized spacial score (nSPS) is 12.8. The van der Waals surface area contributed by atoms with Crippen molar-refractivity contribution >= 4 is 5.69 Å². The monoisotopic (exact) mass is 188 g/mol. The molecule has 72 valence electrons. The van der Waals surface area contributed by atoms with Crippen LogP contribution in [0.15, 0.2) is 6.20 Å². The minimum absolute atomic E-state index is 0.0903. The van der Waals surface area contributed by atoms with E-state index in [1.165, 1.54) is 7.05 Å². The van der Waals surface area contributed by atoms with Gasteiger partial charge in [0.2, 0.25) is 0 Å². The van der Waals surface area contributed by atoms with Gasteiger partial charge in [0.1, 0.15) is 6.20 Å². The molecule has 1 unspecified atom stereocenters. The van der Waals surface area contributed by atoms with Gasteiger partial charge in [-0.3, -0.25) is 14.8 Å². The highest BCUT2D eigenvalue weighted by molar-refractivity contribution is 5.34. The molecule has 0 aliphatic heterocycles. The zero-order valence-corrected chi connectivity index (χ0v) is 6.98. The summed E-state index contributed by atoms with van der Waals surface area (Å²) in [5, 5.41) is 14.0. The maximum Gasteiger partial charge on any atom is 0.313 e. The third-order valence-corrected chi connectivity index (χ3v) is 1.66. The lowest BCUT2D eigenvalue weighted by Crippen LogP contribution is -2.13. The SMILES string of the molecule is Cn1ncc([N+](=O)[O-])c1C(F)CN. The Hall–Kier alpha value is -1.50. The van der Waals surface area contributed by atoms with Crippen molar-refractivity contribution in [3.63, 3.8) is 0 Å². The predicted octanol–water partition coefficient (Wildman–Crippen LogP) is 0.298. The van der Waals surface area contributed by atoms with Gasteiger partial charge in [0.25, 0.3) is 0 Å². The first-order chi connectivity index (χ1) is 6.07. The van der Waals surface area contributed by atoms with Crippen LogP contribution in [-0.2, 0) is 7.05 Å². The number of nitrogens with two attached hydrogens (primary N) is 1. The van der Waals surface area contributed by atoms with Gasteiger partial charge in [-0.25, -0.2) is 4.39 Å². The Labute approximate surface area is 73.3 Å². The van der Waals surface area contributed by atoms with E-state index in [0.717, 1.165) is 10.9 Å². The molecule has 6 nitrogen and oxygen atoms in total. The van der Waals surface area contributed by atoms with Crippen molar-refractivity contribution < 1.29 is 9.31 Å². The van der Waals surface area contributed by atoms with Gasteiger partial charge in [-0.2, -0.15) is 5.10 Å². The summed E-state index contributed by atoms with van der Waals surface area (Å²) in [6.45, 7) is -0.291. The van der Waals surface area contributed by atoms with Gasteiger partial charge in [0.15, 0.2) is 11.9 Å². The second kappa shape index (κ2) is 3.48. The average molecular weight is 188 g/mol. The fourth-order valence-electron chi connectivity index (χ4n) is 1.05. The molecule has 0 saturated heterocycles. The van der Waals surface area contributed by atoms with Gasteiger partial charge in [-0.05, 0) is 0 Å². The average Bonchev–Trinajstić information content (AvgIpc) is 2.46. The molecule has 0 amide bonds. The molecule has 1 heterocycles. The van der Waals surface area contributed by atoms with Gasteiger partial charge in [0, 0.05) is 13.6 Å². The summed E-state index contributed by atoms with van der Waals surface area (Å²) in [4.78, 5) is 9.72. The molecule has 7 heteroatoms. The first-order valence-electron chi connectivity index (χ1n) is 3.58. The smallest absolute Gasteiger partial charge is 0.313 e.